The van der Waals surface area contributed by atoms with Gasteiger partial charge in [0, 0.05) is 13.2 Å². The minimum Gasteiger partial charge on any atom is -0.305 e. The van der Waals surface area contributed by atoms with Crippen LogP contribution in [0.4, 0.5) is 17.6 Å². The largest absolute Gasteiger partial charge is 0.419 e. The third kappa shape index (κ3) is 3.41. The van der Waals surface area contributed by atoms with E-state index in [2.05, 4.69) is 10.4 Å². The smallest absolute Gasteiger partial charge is 0.305 e. The molecule has 0 saturated carbocycles. The standard InChI is InChI=1S/C14H15F4N3/c1-3-19-13(12-6-7-21(2)20-12)9-4-5-11(15)10(8-9)14(16,17)18/h4-8,13,19H,3H2,1-2H3. The summed E-state index contributed by atoms with van der Waals surface area (Å²) in [5, 5.41) is 7.26. The van der Waals surface area contributed by atoms with Crippen molar-refractivity contribution in [1.82, 2.24) is 15.1 Å². The summed E-state index contributed by atoms with van der Waals surface area (Å²) < 4.78 is 53.3. The molecular formula is C14H15F4N3. The quantitative estimate of drug-likeness (QED) is 0.878. The van der Waals surface area contributed by atoms with Crippen molar-refractivity contribution in [3.63, 3.8) is 0 Å². The van der Waals surface area contributed by atoms with Gasteiger partial charge in [0.25, 0.3) is 0 Å². The van der Waals surface area contributed by atoms with Crippen molar-refractivity contribution in [2.75, 3.05) is 6.54 Å². The SMILES string of the molecule is CCNC(c1ccc(F)c(C(F)(F)F)c1)c1ccn(C)n1. The van der Waals surface area contributed by atoms with Crippen LogP contribution in [-0.4, -0.2) is 16.3 Å². The molecule has 0 aliphatic carbocycles. The van der Waals surface area contributed by atoms with E-state index in [-0.39, 0.29) is 0 Å². The summed E-state index contributed by atoms with van der Waals surface area (Å²) in [6.07, 6.45) is -3.02. The van der Waals surface area contributed by atoms with E-state index in [0.29, 0.717) is 17.8 Å². The second-order valence-corrected chi connectivity index (χ2v) is 4.64. The van der Waals surface area contributed by atoms with Gasteiger partial charge in [-0.1, -0.05) is 13.0 Å². The van der Waals surface area contributed by atoms with Crippen molar-refractivity contribution >= 4 is 0 Å². The van der Waals surface area contributed by atoms with E-state index >= 15 is 0 Å². The van der Waals surface area contributed by atoms with Gasteiger partial charge in [0.2, 0.25) is 0 Å². The predicted octanol–water partition coefficient (Wildman–Crippen LogP) is 3.28. The lowest BCUT2D eigenvalue weighted by atomic mass is 10.0. The van der Waals surface area contributed by atoms with Gasteiger partial charge in [-0.15, -0.1) is 0 Å². The Morgan fingerprint density at radius 3 is 2.52 bits per heavy atom. The van der Waals surface area contributed by atoms with E-state index in [1.807, 2.05) is 6.92 Å². The molecule has 21 heavy (non-hydrogen) atoms. The molecule has 0 bridgehead atoms. The van der Waals surface area contributed by atoms with Gasteiger partial charge in [0.05, 0.1) is 17.3 Å². The molecule has 0 saturated heterocycles. The first-order valence-electron chi connectivity index (χ1n) is 6.42. The highest BCUT2D eigenvalue weighted by atomic mass is 19.4. The highest BCUT2D eigenvalue weighted by molar-refractivity contribution is 5.33. The highest BCUT2D eigenvalue weighted by Gasteiger charge is 2.35. The molecule has 0 fully saturated rings. The first kappa shape index (κ1) is 15.5. The summed E-state index contributed by atoms with van der Waals surface area (Å²) in [7, 11) is 1.72. The Bertz CT molecular complexity index is 619. The van der Waals surface area contributed by atoms with Crippen LogP contribution in [0.2, 0.25) is 0 Å². The van der Waals surface area contributed by atoms with Crippen molar-refractivity contribution in [3.8, 4) is 0 Å². The zero-order valence-electron chi connectivity index (χ0n) is 11.6. The average Bonchev–Trinajstić information content (AvgIpc) is 2.82. The fourth-order valence-corrected chi connectivity index (χ4v) is 2.12. The summed E-state index contributed by atoms with van der Waals surface area (Å²) in [5.41, 5.74) is -0.359. The summed E-state index contributed by atoms with van der Waals surface area (Å²) in [4.78, 5) is 0. The Balaban J connectivity index is 2.46. The molecule has 2 aromatic rings. The molecule has 1 N–H and O–H groups in total. The van der Waals surface area contributed by atoms with E-state index in [1.165, 1.54) is 6.07 Å². The van der Waals surface area contributed by atoms with Gasteiger partial charge >= 0.3 is 6.18 Å². The van der Waals surface area contributed by atoms with Crippen LogP contribution < -0.4 is 5.32 Å². The molecule has 1 aromatic carbocycles. The lowest BCUT2D eigenvalue weighted by molar-refractivity contribution is -0.140. The van der Waals surface area contributed by atoms with Crippen molar-refractivity contribution in [1.29, 1.82) is 0 Å². The van der Waals surface area contributed by atoms with E-state index in [4.69, 9.17) is 0 Å². The second kappa shape index (κ2) is 5.85. The van der Waals surface area contributed by atoms with Crippen LogP contribution in [0.25, 0.3) is 0 Å². The molecule has 1 heterocycles. The average molecular weight is 301 g/mol. The highest BCUT2D eigenvalue weighted by Crippen LogP contribution is 2.33. The fraction of sp³-hybridized carbons (Fsp3) is 0.357. The molecule has 1 aromatic heterocycles. The van der Waals surface area contributed by atoms with E-state index in [9.17, 15) is 17.6 Å². The zero-order valence-corrected chi connectivity index (χ0v) is 11.6. The third-order valence-electron chi connectivity index (χ3n) is 3.07. The minimum atomic E-state index is -4.72. The van der Waals surface area contributed by atoms with E-state index in [1.54, 1.807) is 24.0 Å². The Kier molecular flexibility index (Phi) is 4.32. The van der Waals surface area contributed by atoms with Crippen molar-refractivity contribution in [2.45, 2.75) is 19.1 Å². The van der Waals surface area contributed by atoms with Crippen LogP contribution in [0.1, 0.15) is 29.8 Å². The molecule has 2 rings (SSSR count). The molecule has 7 heteroatoms. The first-order chi connectivity index (χ1) is 9.82. The maximum Gasteiger partial charge on any atom is 0.419 e. The summed E-state index contributed by atoms with van der Waals surface area (Å²) in [6, 6.07) is 4.21. The van der Waals surface area contributed by atoms with Gasteiger partial charge in [-0.3, -0.25) is 4.68 Å². The topological polar surface area (TPSA) is 29.9 Å². The van der Waals surface area contributed by atoms with Crippen molar-refractivity contribution in [2.24, 2.45) is 7.05 Å². The third-order valence-corrected chi connectivity index (χ3v) is 3.07. The number of alkyl halides is 3. The summed E-state index contributed by atoms with van der Waals surface area (Å²) in [5.74, 6) is -1.28. The lowest BCUT2D eigenvalue weighted by Crippen LogP contribution is -2.23. The van der Waals surface area contributed by atoms with Crippen LogP contribution >= 0.6 is 0 Å². The summed E-state index contributed by atoms with van der Waals surface area (Å²) >= 11 is 0. The van der Waals surface area contributed by atoms with Crippen LogP contribution in [0.3, 0.4) is 0 Å². The van der Waals surface area contributed by atoms with Gasteiger partial charge in [0.1, 0.15) is 5.82 Å². The minimum absolute atomic E-state index is 0.323. The van der Waals surface area contributed by atoms with Gasteiger partial charge in [0.15, 0.2) is 0 Å². The molecule has 1 atom stereocenters. The van der Waals surface area contributed by atoms with Gasteiger partial charge < -0.3 is 5.32 Å². The normalized spacial score (nSPS) is 13.4. The predicted molar refractivity (Wildman–Crippen MR) is 70.1 cm³/mol. The number of rotatable bonds is 4. The Hall–Kier alpha value is -1.89. The Morgan fingerprint density at radius 1 is 1.29 bits per heavy atom. The van der Waals surface area contributed by atoms with Crippen LogP contribution in [0, 0.1) is 5.82 Å². The zero-order chi connectivity index (χ0) is 15.6. The summed E-state index contributed by atoms with van der Waals surface area (Å²) in [6.45, 7) is 2.38. The number of halogens is 4. The number of nitrogens with zero attached hydrogens (tertiary/aromatic N) is 2. The second-order valence-electron chi connectivity index (χ2n) is 4.64. The molecule has 0 radical (unpaired) electrons. The van der Waals surface area contributed by atoms with E-state index < -0.39 is 23.6 Å². The van der Waals surface area contributed by atoms with Crippen molar-refractivity contribution in [3.05, 3.63) is 53.1 Å². The maximum absolute atomic E-state index is 13.4. The van der Waals surface area contributed by atoms with Gasteiger partial charge in [-0.05, 0) is 30.3 Å². The lowest BCUT2D eigenvalue weighted by Gasteiger charge is -2.18. The molecule has 0 aliphatic heterocycles. The van der Waals surface area contributed by atoms with Crippen molar-refractivity contribution < 1.29 is 17.6 Å². The number of aromatic nitrogens is 2. The van der Waals surface area contributed by atoms with Crippen LogP contribution in [0.15, 0.2) is 30.5 Å². The van der Waals surface area contributed by atoms with Gasteiger partial charge in [-0.25, -0.2) is 4.39 Å². The number of hydrogen-bond acceptors (Lipinski definition) is 2. The molecule has 0 amide bonds. The molecule has 114 valence electrons. The molecule has 0 aliphatic rings. The van der Waals surface area contributed by atoms with Crippen LogP contribution in [0.5, 0.6) is 0 Å². The number of aryl methyl sites for hydroxylation is 1. The fourth-order valence-electron chi connectivity index (χ4n) is 2.12. The monoisotopic (exact) mass is 301 g/mol. The molecule has 0 spiro atoms. The molecular weight excluding hydrogens is 286 g/mol. The molecule has 3 nitrogen and oxygen atoms in total. The van der Waals surface area contributed by atoms with E-state index in [0.717, 1.165) is 12.1 Å². The molecule has 1 unspecified atom stereocenters. The Labute approximate surface area is 119 Å². The number of hydrogen-bond donors (Lipinski definition) is 1. The Morgan fingerprint density at radius 2 is 2.00 bits per heavy atom. The number of benzene rings is 1. The number of nitrogens with one attached hydrogen (secondary N) is 1. The van der Waals surface area contributed by atoms with Gasteiger partial charge in [-0.2, -0.15) is 18.3 Å². The maximum atomic E-state index is 13.4. The first-order valence-corrected chi connectivity index (χ1v) is 6.42. The van der Waals surface area contributed by atoms with Crippen LogP contribution in [-0.2, 0) is 13.2 Å².